The maximum absolute atomic E-state index is 12.1. The summed E-state index contributed by atoms with van der Waals surface area (Å²) in [7, 11) is 0. The maximum Gasteiger partial charge on any atom is 0.222 e. The second-order valence-electron chi connectivity index (χ2n) is 7.63. The van der Waals surface area contributed by atoms with E-state index in [4.69, 9.17) is 0 Å². The van der Waals surface area contributed by atoms with Crippen LogP contribution in [-0.2, 0) is 4.79 Å². The van der Waals surface area contributed by atoms with Gasteiger partial charge in [-0.3, -0.25) is 4.79 Å². The van der Waals surface area contributed by atoms with E-state index in [0.717, 1.165) is 35.2 Å². The molecular formula is C25H25N3O. The lowest BCUT2D eigenvalue weighted by molar-refractivity contribution is -0.114. The summed E-state index contributed by atoms with van der Waals surface area (Å²) in [6.45, 7) is 1.50. The van der Waals surface area contributed by atoms with E-state index < -0.39 is 0 Å². The minimum Gasteiger partial charge on any atom is -0.322 e. The molecule has 3 aromatic rings. The molecule has 1 aromatic heterocycles. The normalized spacial score (nSPS) is 14.3. The molecule has 1 heterocycles. The van der Waals surface area contributed by atoms with Crippen molar-refractivity contribution in [3.05, 3.63) is 66.2 Å². The van der Waals surface area contributed by atoms with Crippen LogP contribution in [0.4, 0.5) is 5.82 Å². The predicted molar refractivity (Wildman–Crippen MR) is 116 cm³/mol. The van der Waals surface area contributed by atoms with Crippen LogP contribution in [-0.4, -0.2) is 10.5 Å². The van der Waals surface area contributed by atoms with E-state index in [1.165, 1.54) is 26.2 Å². The second kappa shape index (κ2) is 8.36. The van der Waals surface area contributed by atoms with Gasteiger partial charge in [-0.15, -0.1) is 0 Å². The van der Waals surface area contributed by atoms with Crippen molar-refractivity contribution in [2.75, 3.05) is 5.32 Å². The van der Waals surface area contributed by atoms with Gasteiger partial charge in [0.2, 0.25) is 5.91 Å². The smallest absolute Gasteiger partial charge is 0.222 e. The molecule has 1 fully saturated rings. The van der Waals surface area contributed by atoms with Crippen molar-refractivity contribution in [1.29, 1.82) is 5.26 Å². The zero-order chi connectivity index (χ0) is 20.2. The SMILES string of the molecule is CC(=O)Nc1c(C#N)c(-c2ccccc2)c(-c2ccccc2)n1C1CCCCC1. The van der Waals surface area contributed by atoms with Crippen LogP contribution in [0, 0.1) is 11.3 Å². The molecule has 146 valence electrons. The highest BCUT2D eigenvalue weighted by Gasteiger charge is 2.30. The lowest BCUT2D eigenvalue weighted by Crippen LogP contribution is -2.19. The van der Waals surface area contributed by atoms with Gasteiger partial charge >= 0.3 is 0 Å². The molecule has 0 saturated heterocycles. The van der Waals surface area contributed by atoms with Crippen molar-refractivity contribution in [3.8, 4) is 28.5 Å². The highest BCUT2D eigenvalue weighted by atomic mass is 16.1. The second-order valence-corrected chi connectivity index (χ2v) is 7.63. The predicted octanol–water partition coefficient (Wildman–Crippen LogP) is 6.16. The van der Waals surface area contributed by atoms with Crippen LogP contribution in [0.2, 0.25) is 0 Å². The van der Waals surface area contributed by atoms with Crippen molar-refractivity contribution in [3.63, 3.8) is 0 Å². The molecule has 29 heavy (non-hydrogen) atoms. The lowest BCUT2D eigenvalue weighted by Gasteiger charge is -2.28. The molecule has 2 aromatic carbocycles. The standard InChI is InChI=1S/C25H25N3O/c1-18(29)27-25-22(17-26)23(19-11-5-2-6-12-19)24(20-13-7-3-8-14-20)28(25)21-15-9-4-10-16-21/h2-3,5-8,11-14,21H,4,9-10,15-16H2,1H3,(H,27,29). The number of hydrogen-bond donors (Lipinski definition) is 1. The van der Waals surface area contributed by atoms with Crippen molar-refractivity contribution < 1.29 is 4.79 Å². The Hall–Kier alpha value is -3.32. The molecule has 1 saturated carbocycles. The minimum atomic E-state index is -0.157. The van der Waals surface area contributed by atoms with Crippen molar-refractivity contribution in [1.82, 2.24) is 4.57 Å². The van der Waals surface area contributed by atoms with Crippen LogP contribution < -0.4 is 5.32 Å². The maximum atomic E-state index is 12.1. The van der Waals surface area contributed by atoms with E-state index in [2.05, 4.69) is 28.1 Å². The fourth-order valence-corrected chi connectivity index (χ4v) is 4.46. The third kappa shape index (κ3) is 3.69. The Bertz CT molecular complexity index is 1040. The van der Waals surface area contributed by atoms with E-state index in [-0.39, 0.29) is 11.9 Å². The van der Waals surface area contributed by atoms with Gasteiger partial charge in [-0.25, -0.2) is 0 Å². The highest BCUT2D eigenvalue weighted by Crippen LogP contribution is 2.45. The molecule has 4 heteroatoms. The Labute approximate surface area is 171 Å². The highest BCUT2D eigenvalue weighted by molar-refractivity contribution is 5.97. The fourth-order valence-electron chi connectivity index (χ4n) is 4.46. The molecule has 0 atom stereocenters. The van der Waals surface area contributed by atoms with Crippen LogP contribution >= 0.6 is 0 Å². The van der Waals surface area contributed by atoms with Crippen LogP contribution in [0.3, 0.4) is 0 Å². The average molecular weight is 383 g/mol. The third-order valence-corrected chi connectivity index (χ3v) is 5.66. The van der Waals surface area contributed by atoms with Gasteiger partial charge in [0, 0.05) is 18.5 Å². The molecule has 0 unspecified atom stereocenters. The van der Waals surface area contributed by atoms with Gasteiger partial charge in [0.15, 0.2) is 0 Å². The Morgan fingerprint density at radius 3 is 2.10 bits per heavy atom. The lowest BCUT2D eigenvalue weighted by atomic mass is 9.94. The number of carbonyl (C=O) groups is 1. The molecule has 0 aliphatic heterocycles. The van der Waals surface area contributed by atoms with Crippen LogP contribution in [0.15, 0.2) is 60.7 Å². The fraction of sp³-hybridized carbons (Fsp3) is 0.280. The summed E-state index contributed by atoms with van der Waals surface area (Å²) in [6.07, 6.45) is 5.68. The van der Waals surface area contributed by atoms with Crippen molar-refractivity contribution in [2.24, 2.45) is 0 Å². The van der Waals surface area contributed by atoms with Crippen LogP contribution in [0.5, 0.6) is 0 Å². The van der Waals surface area contributed by atoms with Crippen LogP contribution in [0.1, 0.15) is 50.6 Å². The first-order valence-electron chi connectivity index (χ1n) is 10.3. The molecule has 0 radical (unpaired) electrons. The topological polar surface area (TPSA) is 57.8 Å². The van der Waals surface area contributed by atoms with Gasteiger partial charge in [-0.2, -0.15) is 5.26 Å². The van der Waals surface area contributed by atoms with Gasteiger partial charge in [0.05, 0.1) is 5.69 Å². The Morgan fingerprint density at radius 1 is 0.966 bits per heavy atom. The number of benzene rings is 2. The molecule has 4 nitrogen and oxygen atoms in total. The van der Waals surface area contributed by atoms with Gasteiger partial charge in [-0.1, -0.05) is 79.9 Å². The van der Waals surface area contributed by atoms with E-state index >= 15 is 0 Å². The Kier molecular flexibility index (Phi) is 5.48. The monoisotopic (exact) mass is 383 g/mol. The summed E-state index contributed by atoms with van der Waals surface area (Å²) >= 11 is 0. The van der Waals surface area contributed by atoms with Gasteiger partial charge < -0.3 is 9.88 Å². The summed E-state index contributed by atoms with van der Waals surface area (Å²) in [6, 6.07) is 22.9. The van der Waals surface area contributed by atoms with Crippen molar-refractivity contribution in [2.45, 2.75) is 45.1 Å². The van der Waals surface area contributed by atoms with Gasteiger partial charge in [0.1, 0.15) is 17.5 Å². The number of rotatable bonds is 4. The first-order chi connectivity index (χ1) is 14.2. The number of carbonyl (C=O) groups excluding carboxylic acids is 1. The summed E-state index contributed by atoms with van der Waals surface area (Å²) in [5.41, 5.74) is 4.50. The molecule has 0 bridgehead atoms. The van der Waals surface area contributed by atoms with E-state index in [0.29, 0.717) is 11.4 Å². The average Bonchev–Trinajstić information content (AvgIpc) is 3.09. The Balaban J connectivity index is 2.07. The number of nitrogens with one attached hydrogen (secondary N) is 1. The zero-order valence-electron chi connectivity index (χ0n) is 16.7. The largest absolute Gasteiger partial charge is 0.322 e. The number of amides is 1. The van der Waals surface area contributed by atoms with Crippen molar-refractivity contribution >= 4 is 11.7 Å². The quantitative estimate of drug-likeness (QED) is 0.587. The van der Waals surface area contributed by atoms with Gasteiger partial charge in [0.25, 0.3) is 0 Å². The summed E-state index contributed by atoms with van der Waals surface area (Å²) in [5.74, 6) is 0.472. The third-order valence-electron chi connectivity index (χ3n) is 5.66. The number of aromatic nitrogens is 1. The molecule has 0 spiro atoms. The summed E-state index contributed by atoms with van der Waals surface area (Å²) in [4.78, 5) is 12.1. The number of nitrogens with zero attached hydrogens (tertiary/aromatic N) is 2. The van der Waals surface area contributed by atoms with Crippen LogP contribution in [0.25, 0.3) is 22.4 Å². The first kappa shape index (κ1) is 19.0. The molecule has 1 aliphatic carbocycles. The summed E-state index contributed by atoms with van der Waals surface area (Å²) in [5, 5.41) is 13.1. The Morgan fingerprint density at radius 2 is 1.55 bits per heavy atom. The van der Waals surface area contributed by atoms with E-state index in [1.54, 1.807) is 0 Å². The number of nitriles is 1. The molecule has 1 aliphatic rings. The number of anilines is 1. The molecule has 4 rings (SSSR count). The molecular weight excluding hydrogens is 358 g/mol. The molecule has 1 N–H and O–H groups in total. The summed E-state index contributed by atoms with van der Waals surface area (Å²) < 4.78 is 2.23. The molecule has 1 amide bonds. The van der Waals surface area contributed by atoms with E-state index in [1.807, 2.05) is 48.5 Å². The zero-order valence-corrected chi connectivity index (χ0v) is 16.7. The minimum absolute atomic E-state index is 0.157. The first-order valence-corrected chi connectivity index (χ1v) is 10.3. The van der Waals surface area contributed by atoms with Gasteiger partial charge in [-0.05, 0) is 24.0 Å². The van der Waals surface area contributed by atoms with E-state index in [9.17, 15) is 10.1 Å². The number of hydrogen-bond acceptors (Lipinski definition) is 2.